The number of rotatable bonds is 8. The van der Waals surface area contributed by atoms with Crippen molar-refractivity contribution in [2.24, 2.45) is 5.92 Å². The van der Waals surface area contributed by atoms with Crippen LogP contribution in [-0.2, 0) is 10.0 Å². The van der Waals surface area contributed by atoms with Gasteiger partial charge in [0.2, 0.25) is 0 Å². The Kier molecular flexibility index (Phi) is 6.49. The van der Waals surface area contributed by atoms with Crippen LogP contribution in [0.15, 0.2) is 41.4 Å². The molecule has 0 saturated heterocycles. The van der Waals surface area contributed by atoms with E-state index in [4.69, 9.17) is 0 Å². The number of sulfonamides is 1. The van der Waals surface area contributed by atoms with Crippen molar-refractivity contribution in [3.8, 4) is 0 Å². The van der Waals surface area contributed by atoms with Crippen molar-refractivity contribution in [3.05, 3.63) is 48.2 Å². The van der Waals surface area contributed by atoms with E-state index >= 15 is 0 Å². The van der Waals surface area contributed by atoms with E-state index in [1.54, 1.807) is 0 Å². The van der Waals surface area contributed by atoms with Crippen LogP contribution in [0.4, 0.5) is 20.3 Å². The van der Waals surface area contributed by atoms with Crippen LogP contribution in [0.2, 0.25) is 0 Å². The van der Waals surface area contributed by atoms with Gasteiger partial charge in [-0.3, -0.25) is 4.72 Å². The highest BCUT2D eigenvalue weighted by Gasteiger charge is 2.16. The second-order valence-corrected chi connectivity index (χ2v) is 7.96. The van der Waals surface area contributed by atoms with E-state index in [1.165, 1.54) is 12.1 Å². The number of nitrogens with zero attached hydrogens (tertiary/aromatic N) is 1. The molecule has 9 heteroatoms. The Morgan fingerprint density at radius 1 is 1.15 bits per heavy atom. The van der Waals surface area contributed by atoms with Gasteiger partial charge >= 0.3 is 0 Å². The van der Waals surface area contributed by atoms with E-state index < -0.39 is 27.8 Å². The first-order chi connectivity index (χ1) is 12.2. The molecule has 0 radical (unpaired) electrons. The zero-order chi connectivity index (χ0) is 19.3. The van der Waals surface area contributed by atoms with Gasteiger partial charge in [-0.25, -0.2) is 22.2 Å². The second kappa shape index (κ2) is 8.41. The molecular weight excluding hydrogens is 364 g/mol. The number of hydrogen-bond acceptors (Lipinski definition) is 5. The summed E-state index contributed by atoms with van der Waals surface area (Å²) in [7, 11) is -3.99. The normalized spacial score (nSPS) is 12.8. The third-order valence-electron chi connectivity index (χ3n) is 3.48. The SMILES string of the molecule is CC(C)CC(O)CNc1ccc(S(=O)(=O)Nc2ccc(F)c(F)c2)cn1. The molecule has 0 amide bonds. The highest BCUT2D eigenvalue weighted by Crippen LogP contribution is 2.19. The number of aromatic nitrogens is 1. The summed E-state index contributed by atoms with van der Waals surface area (Å²) < 4.78 is 52.8. The molecule has 26 heavy (non-hydrogen) atoms. The molecule has 1 heterocycles. The van der Waals surface area contributed by atoms with Gasteiger partial charge in [-0.15, -0.1) is 0 Å². The number of benzene rings is 1. The first kappa shape index (κ1) is 20.1. The van der Waals surface area contributed by atoms with Crippen molar-refractivity contribution in [1.29, 1.82) is 0 Å². The molecule has 0 aliphatic rings. The summed E-state index contributed by atoms with van der Waals surface area (Å²) in [5, 5.41) is 12.7. The fourth-order valence-electron chi connectivity index (χ4n) is 2.27. The lowest BCUT2D eigenvalue weighted by Gasteiger charge is -2.14. The van der Waals surface area contributed by atoms with Gasteiger partial charge in [0.25, 0.3) is 10.0 Å². The lowest BCUT2D eigenvalue weighted by Crippen LogP contribution is -2.21. The van der Waals surface area contributed by atoms with E-state index in [1.807, 2.05) is 13.8 Å². The van der Waals surface area contributed by atoms with Crippen LogP contribution in [0.25, 0.3) is 0 Å². The number of halogens is 2. The predicted octanol–water partition coefficient (Wildman–Crippen LogP) is 2.98. The summed E-state index contributed by atoms with van der Waals surface area (Å²) in [5.41, 5.74) is -0.0945. The Labute approximate surface area is 151 Å². The maximum atomic E-state index is 13.2. The zero-order valence-corrected chi connectivity index (χ0v) is 15.2. The molecule has 2 rings (SSSR count). The summed E-state index contributed by atoms with van der Waals surface area (Å²) in [6.07, 6.45) is 1.24. The minimum Gasteiger partial charge on any atom is -0.391 e. The minimum absolute atomic E-state index is 0.0945. The van der Waals surface area contributed by atoms with Gasteiger partial charge in [0.1, 0.15) is 10.7 Å². The fourth-order valence-corrected chi connectivity index (χ4v) is 3.26. The summed E-state index contributed by atoms with van der Waals surface area (Å²) in [6, 6.07) is 5.50. The quantitative estimate of drug-likeness (QED) is 0.650. The van der Waals surface area contributed by atoms with Crippen LogP contribution in [-0.4, -0.2) is 31.2 Å². The Bertz CT molecular complexity index is 843. The number of pyridine rings is 1. The number of anilines is 2. The summed E-state index contributed by atoms with van der Waals surface area (Å²) in [6.45, 7) is 4.30. The molecule has 0 aliphatic heterocycles. The van der Waals surface area contributed by atoms with Gasteiger partial charge in [0.05, 0.1) is 11.8 Å². The van der Waals surface area contributed by atoms with Gasteiger partial charge in [-0.2, -0.15) is 0 Å². The second-order valence-electron chi connectivity index (χ2n) is 6.28. The minimum atomic E-state index is -3.99. The molecule has 0 aliphatic carbocycles. The highest BCUT2D eigenvalue weighted by atomic mass is 32.2. The van der Waals surface area contributed by atoms with Crippen molar-refractivity contribution < 1.29 is 22.3 Å². The molecule has 6 nitrogen and oxygen atoms in total. The van der Waals surface area contributed by atoms with Crippen molar-refractivity contribution in [3.63, 3.8) is 0 Å². The van der Waals surface area contributed by atoms with Crippen LogP contribution >= 0.6 is 0 Å². The van der Waals surface area contributed by atoms with E-state index in [0.29, 0.717) is 24.7 Å². The summed E-state index contributed by atoms with van der Waals surface area (Å²) >= 11 is 0. The molecule has 0 saturated carbocycles. The summed E-state index contributed by atoms with van der Waals surface area (Å²) in [5.74, 6) is -1.44. The van der Waals surface area contributed by atoms with Gasteiger partial charge in [-0.05, 0) is 36.6 Å². The largest absolute Gasteiger partial charge is 0.391 e. The van der Waals surface area contributed by atoms with Crippen molar-refractivity contribution >= 4 is 21.5 Å². The van der Waals surface area contributed by atoms with E-state index in [2.05, 4.69) is 15.0 Å². The molecule has 1 unspecified atom stereocenters. The number of aliphatic hydroxyl groups excluding tert-OH is 1. The van der Waals surface area contributed by atoms with Gasteiger partial charge < -0.3 is 10.4 Å². The highest BCUT2D eigenvalue weighted by molar-refractivity contribution is 7.92. The first-order valence-electron chi connectivity index (χ1n) is 8.03. The van der Waals surface area contributed by atoms with E-state index in [0.717, 1.165) is 24.4 Å². The van der Waals surface area contributed by atoms with Crippen LogP contribution in [0, 0.1) is 17.6 Å². The molecule has 1 aromatic heterocycles. The molecule has 0 spiro atoms. The van der Waals surface area contributed by atoms with Gasteiger partial charge in [0.15, 0.2) is 11.6 Å². The lowest BCUT2D eigenvalue weighted by molar-refractivity contribution is 0.161. The molecule has 1 aromatic carbocycles. The topological polar surface area (TPSA) is 91.3 Å². The van der Waals surface area contributed by atoms with Gasteiger partial charge in [-0.1, -0.05) is 13.8 Å². The van der Waals surface area contributed by atoms with Crippen LogP contribution < -0.4 is 10.0 Å². The number of aliphatic hydroxyl groups is 1. The maximum Gasteiger partial charge on any atom is 0.263 e. The average molecular weight is 385 g/mol. The molecule has 0 bridgehead atoms. The maximum absolute atomic E-state index is 13.2. The molecule has 142 valence electrons. The Hall–Kier alpha value is -2.26. The monoisotopic (exact) mass is 385 g/mol. The zero-order valence-electron chi connectivity index (χ0n) is 14.4. The average Bonchev–Trinajstić information content (AvgIpc) is 2.56. The third-order valence-corrected chi connectivity index (χ3v) is 4.85. The molecular formula is C17H21F2N3O3S. The van der Waals surface area contributed by atoms with E-state index in [-0.39, 0.29) is 10.6 Å². The fraction of sp³-hybridized carbons (Fsp3) is 0.353. The predicted molar refractivity (Wildman–Crippen MR) is 95.4 cm³/mol. The van der Waals surface area contributed by atoms with Crippen LogP contribution in [0.1, 0.15) is 20.3 Å². The smallest absolute Gasteiger partial charge is 0.263 e. The molecule has 1 atom stereocenters. The standard InChI is InChI=1S/C17H21F2N3O3S/c1-11(2)7-13(23)9-20-17-6-4-14(10-21-17)26(24,25)22-12-3-5-15(18)16(19)8-12/h3-6,8,10-11,13,22-23H,7,9H2,1-2H3,(H,20,21). The number of nitrogens with one attached hydrogen (secondary N) is 2. The third kappa shape index (κ3) is 5.63. The lowest BCUT2D eigenvalue weighted by atomic mass is 10.1. The molecule has 0 fully saturated rings. The van der Waals surface area contributed by atoms with Crippen molar-refractivity contribution in [2.45, 2.75) is 31.3 Å². The van der Waals surface area contributed by atoms with Crippen molar-refractivity contribution in [2.75, 3.05) is 16.6 Å². The Balaban J connectivity index is 2.02. The van der Waals surface area contributed by atoms with E-state index in [9.17, 15) is 22.3 Å². The first-order valence-corrected chi connectivity index (χ1v) is 9.51. The van der Waals surface area contributed by atoms with Gasteiger partial charge in [0, 0.05) is 18.8 Å². The van der Waals surface area contributed by atoms with Crippen molar-refractivity contribution in [1.82, 2.24) is 4.98 Å². The summed E-state index contributed by atoms with van der Waals surface area (Å²) in [4.78, 5) is 3.86. The van der Waals surface area contributed by atoms with Crippen LogP contribution in [0.5, 0.6) is 0 Å². The Morgan fingerprint density at radius 2 is 1.88 bits per heavy atom. The Morgan fingerprint density at radius 3 is 2.46 bits per heavy atom. The molecule has 3 N–H and O–H groups in total. The van der Waals surface area contributed by atoms with Crippen LogP contribution in [0.3, 0.4) is 0 Å². The number of hydrogen-bond donors (Lipinski definition) is 3. The molecule has 2 aromatic rings.